The molecule has 0 aliphatic rings. The Morgan fingerprint density at radius 2 is 2.27 bits per heavy atom. The fraction of sp³-hybridized carbons (Fsp3) is 0.100. The molecule has 0 saturated carbocycles. The van der Waals surface area contributed by atoms with E-state index in [9.17, 15) is 20.0 Å². The number of nitro groups is 1. The molecule has 0 heterocycles. The molecule has 1 aromatic rings. The predicted octanol–water partition coefficient (Wildman–Crippen LogP) is 1.24. The normalized spacial score (nSPS) is 8.80. The van der Waals surface area contributed by atoms with Crippen LogP contribution in [0.25, 0.3) is 0 Å². The van der Waals surface area contributed by atoms with Crippen molar-refractivity contribution in [2.45, 2.75) is 6.42 Å². The number of hydrogen-bond donors (Lipinski definition) is 1. The number of carbonyl (C=O) groups excluding carboxylic acids is 1. The average Bonchev–Trinajstić information content (AvgIpc) is 2.20. The summed E-state index contributed by atoms with van der Waals surface area (Å²) in [4.78, 5) is 19.7. The molecule has 0 bridgehead atoms. The highest BCUT2D eigenvalue weighted by Crippen LogP contribution is 2.28. The Hall–Kier alpha value is -2.35. The van der Waals surface area contributed by atoms with Crippen LogP contribution in [0.1, 0.15) is 12.0 Å². The van der Waals surface area contributed by atoms with Crippen LogP contribution >= 0.6 is 0 Å². The smallest absolute Gasteiger partial charge is 0.312 e. The first-order valence-electron chi connectivity index (χ1n) is 4.05. The summed E-state index contributed by atoms with van der Waals surface area (Å²) in [6, 6.07) is 4.04. The lowest BCUT2D eigenvalue weighted by atomic mass is 10.2. The Bertz CT molecular complexity index is 456. The lowest BCUT2D eigenvalue weighted by Gasteiger charge is -1.97. The Morgan fingerprint density at radius 3 is 2.87 bits per heavy atom. The van der Waals surface area contributed by atoms with Crippen molar-refractivity contribution in [3.8, 4) is 17.6 Å². The molecule has 76 valence electrons. The van der Waals surface area contributed by atoms with Gasteiger partial charge in [0.25, 0.3) is 0 Å². The van der Waals surface area contributed by atoms with Gasteiger partial charge in [-0.1, -0.05) is 17.9 Å². The van der Waals surface area contributed by atoms with Crippen molar-refractivity contribution >= 4 is 12.0 Å². The van der Waals surface area contributed by atoms with Gasteiger partial charge in [-0.2, -0.15) is 0 Å². The third-order valence-corrected chi connectivity index (χ3v) is 1.62. The van der Waals surface area contributed by atoms with Gasteiger partial charge in [0.2, 0.25) is 5.75 Å². The van der Waals surface area contributed by atoms with Crippen LogP contribution in [0, 0.1) is 22.0 Å². The quantitative estimate of drug-likeness (QED) is 0.341. The SMILES string of the molecule is O=CCC#Cc1cccc([N+](=O)[O-])c1O. The van der Waals surface area contributed by atoms with Crippen molar-refractivity contribution in [3.05, 3.63) is 33.9 Å². The first-order chi connectivity index (χ1) is 7.16. The zero-order valence-corrected chi connectivity index (χ0v) is 7.64. The molecule has 0 radical (unpaired) electrons. The van der Waals surface area contributed by atoms with Gasteiger partial charge < -0.3 is 9.90 Å². The second-order valence-corrected chi connectivity index (χ2v) is 2.60. The van der Waals surface area contributed by atoms with Gasteiger partial charge in [-0.05, 0) is 6.07 Å². The Labute approximate surface area is 85.5 Å². The molecule has 0 aliphatic carbocycles. The molecule has 0 amide bonds. The average molecular weight is 205 g/mol. The van der Waals surface area contributed by atoms with E-state index in [1.165, 1.54) is 18.2 Å². The second-order valence-electron chi connectivity index (χ2n) is 2.60. The molecule has 5 nitrogen and oxygen atoms in total. The molecule has 0 atom stereocenters. The van der Waals surface area contributed by atoms with Gasteiger partial charge in [-0.15, -0.1) is 0 Å². The Morgan fingerprint density at radius 1 is 1.53 bits per heavy atom. The number of hydrogen-bond acceptors (Lipinski definition) is 4. The summed E-state index contributed by atoms with van der Waals surface area (Å²) >= 11 is 0. The molecular weight excluding hydrogens is 198 g/mol. The third-order valence-electron chi connectivity index (χ3n) is 1.62. The van der Waals surface area contributed by atoms with Crippen molar-refractivity contribution in [3.63, 3.8) is 0 Å². The molecule has 0 spiro atoms. The second kappa shape index (κ2) is 4.77. The molecule has 1 rings (SSSR count). The number of nitro benzene ring substituents is 1. The maximum Gasteiger partial charge on any atom is 0.312 e. The summed E-state index contributed by atoms with van der Waals surface area (Å²) in [7, 11) is 0. The van der Waals surface area contributed by atoms with E-state index >= 15 is 0 Å². The first kappa shape index (κ1) is 10.7. The summed E-state index contributed by atoms with van der Waals surface area (Å²) in [5.74, 6) is 4.46. The van der Waals surface area contributed by atoms with E-state index in [0.29, 0.717) is 6.29 Å². The number of rotatable bonds is 2. The van der Waals surface area contributed by atoms with Crippen LogP contribution in [0.4, 0.5) is 5.69 Å². The highest BCUT2D eigenvalue weighted by atomic mass is 16.6. The number of benzene rings is 1. The monoisotopic (exact) mass is 205 g/mol. The fourth-order valence-electron chi connectivity index (χ4n) is 0.967. The van der Waals surface area contributed by atoms with Crippen molar-refractivity contribution in [2.75, 3.05) is 0 Å². The van der Waals surface area contributed by atoms with Gasteiger partial charge in [-0.25, -0.2) is 0 Å². The zero-order valence-electron chi connectivity index (χ0n) is 7.64. The van der Waals surface area contributed by atoms with E-state index < -0.39 is 16.4 Å². The Kier molecular flexibility index (Phi) is 3.41. The van der Waals surface area contributed by atoms with Gasteiger partial charge in [0, 0.05) is 6.07 Å². The molecule has 0 saturated heterocycles. The van der Waals surface area contributed by atoms with Crippen LogP contribution in [0.5, 0.6) is 5.75 Å². The van der Waals surface area contributed by atoms with Gasteiger partial charge in [0.15, 0.2) is 0 Å². The van der Waals surface area contributed by atoms with Crippen molar-refractivity contribution < 1.29 is 14.8 Å². The molecule has 1 N–H and O–H groups in total. The van der Waals surface area contributed by atoms with Gasteiger partial charge in [-0.3, -0.25) is 10.1 Å². The number of aldehydes is 1. The molecule has 0 aromatic heterocycles. The lowest BCUT2D eigenvalue weighted by Crippen LogP contribution is -1.89. The summed E-state index contributed by atoms with van der Waals surface area (Å²) in [5, 5.41) is 19.9. The maximum absolute atomic E-state index is 10.4. The summed E-state index contributed by atoms with van der Waals surface area (Å²) in [6.45, 7) is 0. The molecule has 0 unspecified atom stereocenters. The highest BCUT2D eigenvalue weighted by molar-refractivity contribution is 5.59. The molecule has 1 aromatic carbocycles. The summed E-state index contributed by atoms with van der Waals surface area (Å²) in [6.07, 6.45) is 0.642. The minimum atomic E-state index is -0.694. The number of phenolic OH excluding ortho intramolecular Hbond substituents is 1. The van der Waals surface area contributed by atoms with Crippen LogP contribution in [0.2, 0.25) is 0 Å². The standard InChI is InChI=1S/C10H7NO4/c12-7-2-1-4-8-5-3-6-9(10(8)13)11(14)15/h3,5-7,13H,2H2. The number of phenols is 1. The minimum Gasteiger partial charge on any atom is -0.501 e. The summed E-state index contributed by atoms with van der Waals surface area (Å²) in [5.41, 5.74) is -0.251. The van der Waals surface area contributed by atoms with E-state index in [1.54, 1.807) is 0 Å². The van der Waals surface area contributed by atoms with Crippen LogP contribution < -0.4 is 0 Å². The van der Waals surface area contributed by atoms with E-state index in [-0.39, 0.29) is 12.0 Å². The van der Waals surface area contributed by atoms with Crippen LogP contribution in [-0.4, -0.2) is 16.3 Å². The number of aromatic hydroxyl groups is 1. The molecule has 0 fully saturated rings. The molecular formula is C10H7NO4. The van der Waals surface area contributed by atoms with Crippen LogP contribution in [0.3, 0.4) is 0 Å². The topological polar surface area (TPSA) is 80.4 Å². The van der Waals surface area contributed by atoms with Crippen LogP contribution in [0.15, 0.2) is 18.2 Å². The zero-order chi connectivity index (χ0) is 11.3. The number of nitrogens with zero attached hydrogens (tertiary/aromatic N) is 1. The van der Waals surface area contributed by atoms with Gasteiger partial charge in [0.1, 0.15) is 6.29 Å². The van der Waals surface area contributed by atoms with Crippen LogP contribution in [-0.2, 0) is 4.79 Å². The summed E-state index contributed by atoms with van der Waals surface area (Å²) < 4.78 is 0. The fourth-order valence-corrected chi connectivity index (χ4v) is 0.967. The Balaban J connectivity index is 3.11. The largest absolute Gasteiger partial charge is 0.501 e. The van der Waals surface area contributed by atoms with E-state index in [0.717, 1.165) is 0 Å². The molecule has 0 aliphatic heterocycles. The molecule has 15 heavy (non-hydrogen) atoms. The van der Waals surface area contributed by atoms with Gasteiger partial charge >= 0.3 is 5.69 Å². The molecule has 5 heteroatoms. The minimum absolute atomic E-state index is 0.0299. The third kappa shape index (κ3) is 2.54. The number of para-hydroxylation sites is 1. The van der Waals surface area contributed by atoms with Crippen molar-refractivity contribution in [1.29, 1.82) is 0 Å². The first-order valence-corrected chi connectivity index (χ1v) is 4.05. The van der Waals surface area contributed by atoms with Gasteiger partial charge in [0.05, 0.1) is 16.9 Å². The predicted molar refractivity (Wildman–Crippen MR) is 52.3 cm³/mol. The lowest BCUT2D eigenvalue weighted by molar-refractivity contribution is -0.385. The van der Waals surface area contributed by atoms with E-state index in [1.807, 2.05) is 0 Å². The number of carbonyl (C=O) groups is 1. The van der Waals surface area contributed by atoms with E-state index in [4.69, 9.17) is 0 Å². The highest BCUT2D eigenvalue weighted by Gasteiger charge is 2.14. The van der Waals surface area contributed by atoms with Crippen molar-refractivity contribution in [1.82, 2.24) is 0 Å². The van der Waals surface area contributed by atoms with E-state index in [2.05, 4.69) is 11.8 Å². The van der Waals surface area contributed by atoms with Crippen molar-refractivity contribution in [2.24, 2.45) is 0 Å². The maximum atomic E-state index is 10.4.